The third-order valence-electron chi connectivity index (χ3n) is 5.82. The third kappa shape index (κ3) is 5.21. The van der Waals surface area contributed by atoms with Crippen LogP contribution in [0, 0.1) is 0 Å². The van der Waals surface area contributed by atoms with Gasteiger partial charge in [0.15, 0.2) is 16.3 Å². The Kier molecular flexibility index (Phi) is 8.19. The first-order chi connectivity index (χ1) is 17.8. The molecule has 1 unspecified atom stereocenters. The highest BCUT2D eigenvalue weighted by atomic mass is 79.9. The number of carbonyl (C=O) groups excluding carboxylic acids is 1. The van der Waals surface area contributed by atoms with Crippen molar-refractivity contribution >= 4 is 39.3 Å². The molecular formula is C27H27BrN2O6S. The summed E-state index contributed by atoms with van der Waals surface area (Å²) in [5.74, 6) is 1.33. The van der Waals surface area contributed by atoms with Crippen LogP contribution in [0.5, 0.6) is 17.2 Å². The number of halogens is 1. The SMILES string of the molecule is CCOC(=O)C1=C(C)N=c2s/c(=C/c3cc(OCC)c(OC)cc3Br)c(=O)n2C1c1ccc(OC)cc1. The fourth-order valence-corrected chi connectivity index (χ4v) is 5.60. The minimum Gasteiger partial charge on any atom is -0.497 e. The molecule has 0 spiro atoms. The Labute approximate surface area is 226 Å². The van der Waals surface area contributed by atoms with Crippen molar-refractivity contribution in [3.05, 3.63) is 83.0 Å². The van der Waals surface area contributed by atoms with E-state index in [2.05, 4.69) is 20.9 Å². The molecule has 3 aromatic rings. The fraction of sp³-hybridized carbons (Fsp3) is 0.296. The lowest BCUT2D eigenvalue weighted by Gasteiger charge is -2.24. The Morgan fingerprint density at radius 1 is 1.11 bits per heavy atom. The van der Waals surface area contributed by atoms with Crippen molar-refractivity contribution in [1.29, 1.82) is 0 Å². The number of rotatable bonds is 8. The van der Waals surface area contributed by atoms with Crippen LogP contribution in [0.2, 0.25) is 0 Å². The second-order valence-corrected chi connectivity index (χ2v) is 9.90. The van der Waals surface area contributed by atoms with E-state index in [1.807, 2.05) is 25.1 Å². The highest BCUT2D eigenvalue weighted by molar-refractivity contribution is 9.10. The molecule has 0 amide bonds. The van der Waals surface area contributed by atoms with Crippen molar-refractivity contribution < 1.29 is 23.7 Å². The van der Waals surface area contributed by atoms with Crippen LogP contribution in [0.15, 0.2) is 61.9 Å². The monoisotopic (exact) mass is 586 g/mol. The average Bonchev–Trinajstić information content (AvgIpc) is 3.19. The number of benzene rings is 2. The Hall–Kier alpha value is -3.37. The van der Waals surface area contributed by atoms with Crippen LogP contribution >= 0.6 is 27.3 Å². The quantitative estimate of drug-likeness (QED) is 0.371. The van der Waals surface area contributed by atoms with Crippen molar-refractivity contribution in [3.8, 4) is 17.2 Å². The predicted octanol–water partition coefficient (Wildman–Crippen LogP) is 3.98. The zero-order chi connectivity index (χ0) is 26.7. The van der Waals surface area contributed by atoms with Gasteiger partial charge in [-0.3, -0.25) is 9.36 Å². The van der Waals surface area contributed by atoms with Crippen molar-refractivity contribution in [2.45, 2.75) is 26.8 Å². The van der Waals surface area contributed by atoms with E-state index in [0.29, 0.717) is 44.5 Å². The van der Waals surface area contributed by atoms with E-state index in [0.717, 1.165) is 15.6 Å². The van der Waals surface area contributed by atoms with Gasteiger partial charge in [-0.05, 0) is 62.2 Å². The maximum atomic E-state index is 13.8. The standard InChI is InChI=1S/C27H27BrN2O6S/c1-6-35-21-12-17(19(28)14-20(21)34-5)13-22-25(31)30-24(16-8-10-18(33-4)11-9-16)23(26(32)36-7-2)15(3)29-27(30)37-22/h8-14,24H,6-7H2,1-5H3/b22-13+. The number of fused-ring (bicyclic) bond motifs is 1. The summed E-state index contributed by atoms with van der Waals surface area (Å²) in [7, 11) is 3.16. The van der Waals surface area contributed by atoms with Gasteiger partial charge in [0.25, 0.3) is 5.56 Å². The van der Waals surface area contributed by atoms with E-state index in [1.54, 1.807) is 56.9 Å². The molecule has 37 heavy (non-hydrogen) atoms. The van der Waals surface area contributed by atoms with Gasteiger partial charge in [-0.2, -0.15) is 0 Å². The summed E-state index contributed by atoms with van der Waals surface area (Å²) >= 11 is 4.82. The molecule has 0 aliphatic carbocycles. The molecular weight excluding hydrogens is 560 g/mol. The molecule has 0 saturated carbocycles. The van der Waals surface area contributed by atoms with Crippen LogP contribution in [0.4, 0.5) is 0 Å². The zero-order valence-electron chi connectivity index (χ0n) is 21.2. The second kappa shape index (κ2) is 11.4. The Morgan fingerprint density at radius 3 is 2.46 bits per heavy atom. The van der Waals surface area contributed by atoms with Crippen LogP contribution < -0.4 is 29.1 Å². The number of methoxy groups -OCH3 is 2. The molecule has 0 fully saturated rings. The molecule has 4 rings (SSSR count). The Morgan fingerprint density at radius 2 is 1.84 bits per heavy atom. The summed E-state index contributed by atoms with van der Waals surface area (Å²) in [5.41, 5.74) is 2.07. The number of carbonyl (C=O) groups is 1. The first-order valence-electron chi connectivity index (χ1n) is 11.7. The van der Waals surface area contributed by atoms with Crippen LogP contribution in [-0.2, 0) is 9.53 Å². The number of allylic oxidation sites excluding steroid dienone is 1. The van der Waals surface area contributed by atoms with Gasteiger partial charge in [0.1, 0.15) is 5.75 Å². The molecule has 0 radical (unpaired) electrons. The molecule has 8 nitrogen and oxygen atoms in total. The Bertz CT molecular complexity index is 1540. The van der Waals surface area contributed by atoms with Gasteiger partial charge in [0.2, 0.25) is 0 Å². The van der Waals surface area contributed by atoms with E-state index in [4.69, 9.17) is 18.9 Å². The number of hydrogen-bond acceptors (Lipinski definition) is 8. The number of aromatic nitrogens is 1. The lowest BCUT2D eigenvalue weighted by Crippen LogP contribution is -2.39. The molecule has 0 saturated heterocycles. The summed E-state index contributed by atoms with van der Waals surface area (Å²) in [6.07, 6.45) is 1.78. The van der Waals surface area contributed by atoms with Crippen LogP contribution in [0.25, 0.3) is 6.08 Å². The van der Waals surface area contributed by atoms with Crippen molar-refractivity contribution in [1.82, 2.24) is 4.57 Å². The number of ether oxygens (including phenoxy) is 4. The lowest BCUT2D eigenvalue weighted by atomic mass is 9.96. The van der Waals surface area contributed by atoms with Crippen molar-refractivity contribution in [2.75, 3.05) is 27.4 Å². The first kappa shape index (κ1) is 26.7. The first-order valence-corrected chi connectivity index (χ1v) is 13.3. The number of hydrogen-bond donors (Lipinski definition) is 0. The zero-order valence-corrected chi connectivity index (χ0v) is 23.6. The van der Waals surface area contributed by atoms with E-state index < -0.39 is 12.0 Å². The van der Waals surface area contributed by atoms with Gasteiger partial charge in [-0.25, -0.2) is 9.79 Å². The summed E-state index contributed by atoms with van der Waals surface area (Å²) in [5, 5.41) is 0. The molecule has 2 aromatic carbocycles. The highest BCUT2D eigenvalue weighted by Gasteiger charge is 2.33. The number of thiazole rings is 1. The van der Waals surface area contributed by atoms with Gasteiger partial charge < -0.3 is 18.9 Å². The lowest BCUT2D eigenvalue weighted by molar-refractivity contribution is -0.139. The fourth-order valence-electron chi connectivity index (χ4n) is 4.12. The highest BCUT2D eigenvalue weighted by Crippen LogP contribution is 2.34. The van der Waals surface area contributed by atoms with Gasteiger partial charge in [0, 0.05) is 4.47 Å². The molecule has 1 aliphatic heterocycles. The van der Waals surface area contributed by atoms with E-state index in [1.165, 1.54) is 11.3 Å². The third-order valence-corrected chi connectivity index (χ3v) is 7.49. The molecule has 1 aliphatic rings. The predicted molar refractivity (Wildman–Crippen MR) is 145 cm³/mol. The van der Waals surface area contributed by atoms with E-state index in [-0.39, 0.29) is 12.2 Å². The average molecular weight is 587 g/mol. The molecule has 10 heteroatoms. The Balaban J connectivity index is 1.93. The molecule has 194 valence electrons. The van der Waals surface area contributed by atoms with Gasteiger partial charge >= 0.3 is 5.97 Å². The minimum absolute atomic E-state index is 0.211. The minimum atomic E-state index is -0.693. The second-order valence-electron chi connectivity index (χ2n) is 8.03. The number of esters is 1. The molecule has 0 bridgehead atoms. The topological polar surface area (TPSA) is 88.4 Å². The van der Waals surface area contributed by atoms with Gasteiger partial charge in [0.05, 0.1) is 49.3 Å². The van der Waals surface area contributed by atoms with E-state index >= 15 is 0 Å². The maximum Gasteiger partial charge on any atom is 0.338 e. The molecule has 1 aromatic heterocycles. The molecule has 1 atom stereocenters. The van der Waals surface area contributed by atoms with Crippen LogP contribution in [0.3, 0.4) is 0 Å². The molecule has 0 N–H and O–H groups in total. The number of nitrogens with zero attached hydrogens (tertiary/aromatic N) is 2. The summed E-state index contributed by atoms with van der Waals surface area (Å²) < 4.78 is 24.5. The summed E-state index contributed by atoms with van der Waals surface area (Å²) in [6, 6.07) is 10.2. The van der Waals surface area contributed by atoms with Crippen molar-refractivity contribution in [3.63, 3.8) is 0 Å². The van der Waals surface area contributed by atoms with Gasteiger partial charge in [-0.1, -0.05) is 39.4 Å². The molecule has 2 heterocycles. The van der Waals surface area contributed by atoms with Crippen molar-refractivity contribution in [2.24, 2.45) is 4.99 Å². The summed E-state index contributed by atoms with van der Waals surface area (Å²) in [4.78, 5) is 32.0. The largest absolute Gasteiger partial charge is 0.497 e. The summed E-state index contributed by atoms with van der Waals surface area (Å²) in [6.45, 7) is 6.07. The van der Waals surface area contributed by atoms with Crippen LogP contribution in [0.1, 0.15) is 37.9 Å². The smallest absolute Gasteiger partial charge is 0.338 e. The van der Waals surface area contributed by atoms with Crippen LogP contribution in [-0.4, -0.2) is 38.0 Å². The van der Waals surface area contributed by atoms with Gasteiger partial charge in [-0.15, -0.1) is 0 Å². The maximum absolute atomic E-state index is 13.8. The van der Waals surface area contributed by atoms with E-state index in [9.17, 15) is 9.59 Å². The normalized spacial score (nSPS) is 15.2.